The number of halogens is 1. The van der Waals surface area contributed by atoms with Crippen LogP contribution in [0, 0.1) is 15.9 Å². The lowest BCUT2D eigenvalue weighted by atomic mass is 10.2. The highest BCUT2D eigenvalue weighted by Gasteiger charge is 2.16. The molecule has 0 saturated carbocycles. The van der Waals surface area contributed by atoms with E-state index in [1.54, 1.807) is 24.3 Å². The lowest BCUT2D eigenvalue weighted by Crippen LogP contribution is -2.23. The van der Waals surface area contributed by atoms with Crippen LogP contribution in [0.2, 0.25) is 0 Å². The van der Waals surface area contributed by atoms with Crippen LogP contribution in [0.25, 0.3) is 10.9 Å². The number of para-hydroxylation sites is 1. The SMILES string of the molecule is CCCn1c(Sc2ccc([N+](=O)[O-])cc2F)nc2ccccc2c1=O. The number of non-ortho nitro benzene ring substituents is 1. The highest BCUT2D eigenvalue weighted by molar-refractivity contribution is 7.99. The number of fused-ring (bicyclic) bond motifs is 1. The van der Waals surface area contributed by atoms with Crippen molar-refractivity contribution >= 4 is 28.4 Å². The molecular weight excluding hydrogens is 345 g/mol. The van der Waals surface area contributed by atoms with Crippen molar-refractivity contribution in [3.8, 4) is 0 Å². The van der Waals surface area contributed by atoms with Gasteiger partial charge in [0, 0.05) is 12.6 Å². The van der Waals surface area contributed by atoms with E-state index in [2.05, 4.69) is 4.98 Å². The van der Waals surface area contributed by atoms with Crippen molar-refractivity contribution < 1.29 is 9.31 Å². The second-order valence-corrected chi connectivity index (χ2v) is 6.35. The van der Waals surface area contributed by atoms with Gasteiger partial charge in [-0.15, -0.1) is 0 Å². The summed E-state index contributed by atoms with van der Waals surface area (Å²) in [7, 11) is 0. The van der Waals surface area contributed by atoms with Crippen LogP contribution >= 0.6 is 11.8 Å². The fourth-order valence-electron chi connectivity index (χ4n) is 2.43. The molecule has 2 aromatic carbocycles. The van der Waals surface area contributed by atoms with E-state index in [0.717, 1.165) is 24.2 Å². The molecule has 128 valence electrons. The molecule has 0 bridgehead atoms. The zero-order valence-electron chi connectivity index (χ0n) is 13.3. The zero-order chi connectivity index (χ0) is 18.0. The van der Waals surface area contributed by atoms with Crippen molar-refractivity contribution in [1.29, 1.82) is 0 Å². The van der Waals surface area contributed by atoms with Crippen LogP contribution in [0.1, 0.15) is 13.3 Å². The summed E-state index contributed by atoms with van der Waals surface area (Å²) in [6.45, 7) is 2.39. The van der Waals surface area contributed by atoms with E-state index >= 15 is 0 Å². The minimum absolute atomic E-state index is 0.178. The van der Waals surface area contributed by atoms with Gasteiger partial charge in [0.25, 0.3) is 11.2 Å². The number of nitro groups is 1. The molecule has 0 spiro atoms. The van der Waals surface area contributed by atoms with Gasteiger partial charge in [0.15, 0.2) is 5.16 Å². The first kappa shape index (κ1) is 17.1. The van der Waals surface area contributed by atoms with Gasteiger partial charge in [0.2, 0.25) is 0 Å². The summed E-state index contributed by atoms with van der Waals surface area (Å²) in [6.07, 6.45) is 0.718. The normalized spacial score (nSPS) is 11.0. The Hall–Kier alpha value is -2.74. The van der Waals surface area contributed by atoms with Crippen LogP contribution in [0.5, 0.6) is 0 Å². The molecule has 1 aromatic heterocycles. The Morgan fingerprint density at radius 1 is 1.28 bits per heavy atom. The Morgan fingerprint density at radius 3 is 2.72 bits per heavy atom. The molecule has 0 aliphatic carbocycles. The van der Waals surface area contributed by atoms with E-state index in [9.17, 15) is 19.3 Å². The maximum atomic E-state index is 14.2. The molecule has 0 saturated heterocycles. The Balaban J connectivity index is 2.10. The number of hydrogen-bond acceptors (Lipinski definition) is 5. The van der Waals surface area contributed by atoms with Gasteiger partial charge >= 0.3 is 0 Å². The topological polar surface area (TPSA) is 78.0 Å². The second-order valence-electron chi connectivity index (χ2n) is 5.34. The maximum absolute atomic E-state index is 14.2. The summed E-state index contributed by atoms with van der Waals surface area (Å²) in [6, 6.07) is 10.4. The molecule has 0 fully saturated rings. The molecule has 0 aliphatic heterocycles. The molecular formula is C17H14FN3O3S. The number of rotatable bonds is 5. The van der Waals surface area contributed by atoms with Gasteiger partial charge in [0.1, 0.15) is 5.82 Å². The van der Waals surface area contributed by atoms with Crippen molar-refractivity contribution in [3.63, 3.8) is 0 Å². The fraction of sp³-hybridized carbons (Fsp3) is 0.176. The maximum Gasteiger partial charge on any atom is 0.272 e. The van der Waals surface area contributed by atoms with Gasteiger partial charge in [0.05, 0.1) is 26.8 Å². The van der Waals surface area contributed by atoms with E-state index in [1.165, 1.54) is 16.7 Å². The van der Waals surface area contributed by atoms with Crippen LogP contribution < -0.4 is 5.56 Å². The number of nitro benzene ring substituents is 1. The third-order valence-corrected chi connectivity index (χ3v) is 4.65. The summed E-state index contributed by atoms with van der Waals surface area (Å²) < 4.78 is 15.7. The molecule has 3 aromatic rings. The molecule has 0 unspecified atom stereocenters. The Bertz CT molecular complexity index is 1020. The standard InChI is InChI=1S/C17H14FN3O3S/c1-2-9-20-16(22)12-5-3-4-6-14(12)19-17(20)25-15-8-7-11(21(23)24)10-13(15)18/h3-8,10H,2,9H2,1H3. The monoisotopic (exact) mass is 359 g/mol. The lowest BCUT2D eigenvalue weighted by Gasteiger charge is -2.12. The zero-order valence-corrected chi connectivity index (χ0v) is 14.1. The number of benzene rings is 2. The summed E-state index contributed by atoms with van der Waals surface area (Å²) in [4.78, 5) is 27.4. The molecule has 0 N–H and O–H groups in total. The molecule has 0 atom stereocenters. The largest absolute Gasteiger partial charge is 0.287 e. The van der Waals surface area contributed by atoms with Gasteiger partial charge in [-0.2, -0.15) is 0 Å². The molecule has 0 amide bonds. The minimum Gasteiger partial charge on any atom is -0.287 e. The van der Waals surface area contributed by atoms with Crippen LogP contribution in [0.4, 0.5) is 10.1 Å². The third kappa shape index (κ3) is 3.39. The average Bonchev–Trinajstić information content (AvgIpc) is 2.60. The summed E-state index contributed by atoms with van der Waals surface area (Å²) in [5.41, 5.74) is 0.0289. The van der Waals surface area contributed by atoms with Crippen molar-refractivity contribution in [1.82, 2.24) is 9.55 Å². The predicted octanol–water partition coefficient (Wildman–Crippen LogP) is 4.01. The number of hydrogen-bond donors (Lipinski definition) is 0. The van der Waals surface area contributed by atoms with Gasteiger partial charge < -0.3 is 0 Å². The molecule has 1 heterocycles. The molecule has 8 heteroatoms. The highest BCUT2D eigenvalue weighted by Crippen LogP contribution is 2.31. The van der Waals surface area contributed by atoms with Crippen molar-refractivity contribution in [3.05, 3.63) is 68.7 Å². The quantitative estimate of drug-likeness (QED) is 0.391. The Morgan fingerprint density at radius 2 is 2.04 bits per heavy atom. The first-order valence-corrected chi connectivity index (χ1v) is 8.44. The van der Waals surface area contributed by atoms with E-state index in [1.807, 2.05) is 6.92 Å². The van der Waals surface area contributed by atoms with Crippen LogP contribution in [0.15, 0.2) is 57.3 Å². The second kappa shape index (κ2) is 7.02. The highest BCUT2D eigenvalue weighted by atomic mass is 32.2. The average molecular weight is 359 g/mol. The fourth-order valence-corrected chi connectivity index (χ4v) is 3.35. The van der Waals surface area contributed by atoms with Crippen molar-refractivity contribution in [2.24, 2.45) is 0 Å². The minimum atomic E-state index is -0.718. The summed E-state index contributed by atoms with van der Waals surface area (Å²) >= 11 is 0.984. The summed E-state index contributed by atoms with van der Waals surface area (Å²) in [5, 5.41) is 11.6. The van der Waals surface area contributed by atoms with Gasteiger partial charge in [-0.1, -0.05) is 19.1 Å². The summed E-state index contributed by atoms with van der Waals surface area (Å²) in [5.74, 6) is -0.718. The van der Waals surface area contributed by atoms with Gasteiger partial charge in [-0.3, -0.25) is 19.5 Å². The lowest BCUT2D eigenvalue weighted by molar-refractivity contribution is -0.385. The molecule has 3 rings (SSSR count). The predicted molar refractivity (Wildman–Crippen MR) is 93.5 cm³/mol. The first-order chi connectivity index (χ1) is 12.0. The smallest absolute Gasteiger partial charge is 0.272 e. The Labute approximate surface area is 146 Å². The van der Waals surface area contributed by atoms with Crippen molar-refractivity contribution in [2.75, 3.05) is 0 Å². The number of nitrogens with zero attached hydrogens (tertiary/aromatic N) is 3. The molecule has 6 nitrogen and oxygen atoms in total. The van der Waals surface area contributed by atoms with Crippen LogP contribution in [-0.2, 0) is 6.54 Å². The van der Waals surface area contributed by atoms with Crippen LogP contribution in [0.3, 0.4) is 0 Å². The number of aromatic nitrogens is 2. The molecule has 0 radical (unpaired) electrons. The van der Waals surface area contributed by atoms with Crippen molar-refractivity contribution in [2.45, 2.75) is 29.9 Å². The Kier molecular flexibility index (Phi) is 4.80. The van der Waals surface area contributed by atoms with Crippen LogP contribution in [-0.4, -0.2) is 14.5 Å². The third-order valence-electron chi connectivity index (χ3n) is 3.60. The molecule has 0 aliphatic rings. The first-order valence-electron chi connectivity index (χ1n) is 7.62. The van der Waals surface area contributed by atoms with Gasteiger partial charge in [-0.05, 0) is 36.4 Å². The van der Waals surface area contributed by atoms with E-state index in [4.69, 9.17) is 0 Å². The van der Waals surface area contributed by atoms with Gasteiger partial charge in [-0.25, -0.2) is 9.37 Å². The molecule has 25 heavy (non-hydrogen) atoms. The van der Waals surface area contributed by atoms with E-state index < -0.39 is 10.7 Å². The van der Waals surface area contributed by atoms with E-state index in [-0.39, 0.29) is 16.1 Å². The van der Waals surface area contributed by atoms with E-state index in [0.29, 0.717) is 22.6 Å².